The smallest absolute Gasteiger partial charge is 0.324 e. The van der Waals surface area contributed by atoms with E-state index in [2.05, 4.69) is 13.8 Å². The number of Topliss-reactive ketones (excluding diaryl/α,β-unsaturated/α-hetero) is 1. The maximum atomic E-state index is 12.8. The standard InChI is InChI=1S/C17H20O3/c1-16(2)10-14(18)17(15(19)20-3)12-7-5-4-6-11(12)8-9-13(16)17/h4-7,13H,8-10H2,1-3H3/t13-,17+/m0/s1. The second kappa shape index (κ2) is 4.18. The third kappa shape index (κ3) is 1.46. The van der Waals surface area contributed by atoms with Crippen LogP contribution in [0.1, 0.15) is 37.8 Å². The molecule has 2 atom stereocenters. The molecule has 3 nitrogen and oxygen atoms in total. The van der Waals surface area contributed by atoms with Gasteiger partial charge in [-0.1, -0.05) is 38.1 Å². The largest absolute Gasteiger partial charge is 0.468 e. The van der Waals surface area contributed by atoms with E-state index < -0.39 is 5.41 Å². The first-order valence-electron chi connectivity index (χ1n) is 7.14. The SMILES string of the molecule is COC(=O)[C@@]12C(=O)CC(C)(C)[C@@H]1CCc1ccccc12. The van der Waals surface area contributed by atoms with Crippen LogP contribution in [0.2, 0.25) is 0 Å². The van der Waals surface area contributed by atoms with Gasteiger partial charge in [-0.3, -0.25) is 9.59 Å². The molecule has 3 heteroatoms. The molecule has 106 valence electrons. The topological polar surface area (TPSA) is 43.4 Å². The zero-order valence-corrected chi connectivity index (χ0v) is 12.2. The molecule has 0 bridgehead atoms. The minimum atomic E-state index is -1.08. The summed E-state index contributed by atoms with van der Waals surface area (Å²) < 4.78 is 5.06. The van der Waals surface area contributed by atoms with Gasteiger partial charge in [0.15, 0.2) is 11.2 Å². The Labute approximate surface area is 119 Å². The van der Waals surface area contributed by atoms with E-state index in [0.29, 0.717) is 6.42 Å². The highest BCUT2D eigenvalue weighted by atomic mass is 16.5. The van der Waals surface area contributed by atoms with Gasteiger partial charge in [0.05, 0.1) is 7.11 Å². The van der Waals surface area contributed by atoms with E-state index in [-0.39, 0.29) is 23.1 Å². The third-order valence-corrected chi connectivity index (χ3v) is 5.17. The molecular weight excluding hydrogens is 252 g/mol. The van der Waals surface area contributed by atoms with Crippen molar-refractivity contribution in [1.29, 1.82) is 0 Å². The summed E-state index contributed by atoms with van der Waals surface area (Å²) in [5.74, 6) is -0.332. The van der Waals surface area contributed by atoms with E-state index in [0.717, 1.165) is 24.0 Å². The van der Waals surface area contributed by atoms with Crippen LogP contribution < -0.4 is 0 Å². The number of carbonyl (C=O) groups excluding carboxylic acids is 2. The second-order valence-electron chi connectivity index (χ2n) is 6.64. The van der Waals surface area contributed by atoms with E-state index in [4.69, 9.17) is 4.74 Å². The van der Waals surface area contributed by atoms with Gasteiger partial charge in [0.25, 0.3) is 0 Å². The van der Waals surface area contributed by atoms with Crippen LogP contribution in [0.15, 0.2) is 24.3 Å². The van der Waals surface area contributed by atoms with Crippen molar-refractivity contribution < 1.29 is 14.3 Å². The number of carbonyl (C=O) groups is 2. The number of esters is 1. The fourth-order valence-corrected chi connectivity index (χ4v) is 4.35. The number of methoxy groups -OCH3 is 1. The zero-order valence-electron chi connectivity index (χ0n) is 12.2. The summed E-state index contributed by atoms with van der Waals surface area (Å²) in [6, 6.07) is 7.83. The average molecular weight is 272 g/mol. The number of benzene rings is 1. The first-order valence-corrected chi connectivity index (χ1v) is 7.14. The summed E-state index contributed by atoms with van der Waals surface area (Å²) in [6.45, 7) is 4.18. The van der Waals surface area contributed by atoms with E-state index >= 15 is 0 Å². The van der Waals surface area contributed by atoms with E-state index in [9.17, 15) is 9.59 Å². The molecule has 0 radical (unpaired) electrons. The van der Waals surface area contributed by atoms with Gasteiger partial charge in [-0.25, -0.2) is 0 Å². The van der Waals surface area contributed by atoms with Crippen LogP contribution in [-0.4, -0.2) is 18.9 Å². The Morgan fingerprint density at radius 2 is 2.00 bits per heavy atom. The lowest BCUT2D eigenvalue weighted by molar-refractivity contribution is -0.153. The summed E-state index contributed by atoms with van der Waals surface area (Å²) in [5, 5.41) is 0. The van der Waals surface area contributed by atoms with Gasteiger partial charge in [-0.15, -0.1) is 0 Å². The number of ether oxygens (including phenoxy) is 1. The normalized spacial score (nSPS) is 30.6. The monoisotopic (exact) mass is 272 g/mol. The Bertz CT molecular complexity index is 588. The van der Waals surface area contributed by atoms with Crippen molar-refractivity contribution in [3.8, 4) is 0 Å². The van der Waals surface area contributed by atoms with Crippen molar-refractivity contribution in [2.24, 2.45) is 11.3 Å². The number of rotatable bonds is 1. The van der Waals surface area contributed by atoms with E-state index in [1.54, 1.807) is 0 Å². The van der Waals surface area contributed by atoms with Gasteiger partial charge in [0.2, 0.25) is 0 Å². The third-order valence-electron chi connectivity index (χ3n) is 5.17. The first-order chi connectivity index (χ1) is 9.44. The van der Waals surface area contributed by atoms with E-state index in [1.807, 2.05) is 24.3 Å². The Hall–Kier alpha value is -1.64. The molecule has 0 aliphatic heterocycles. The van der Waals surface area contributed by atoms with Crippen LogP contribution in [-0.2, 0) is 26.2 Å². The van der Waals surface area contributed by atoms with Gasteiger partial charge in [0, 0.05) is 6.42 Å². The Balaban J connectivity index is 2.30. The fourth-order valence-electron chi connectivity index (χ4n) is 4.35. The lowest BCUT2D eigenvalue weighted by Gasteiger charge is -2.41. The molecule has 0 amide bonds. The molecule has 0 spiro atoms. The lowest BCUT2D eigenvalue weighted by atomic mass is 9.60. The van der Waals surface area contributed by atoms with Crippen molar-refractivity contribution in [3.05, 3.63) is 35.4 Å². The Morgan fingerprint density at radius 3 is 2.70 bits per heavy atom. The Kier molecular flexibility index (Phi) is 2.79. The van der Waals surface area contributed by atoms with Gasteiger partial charge in [-0.2, -0.15) is 0 Å². The van der Waals surface area contributed by atoms with Crippen LogP contribution in [0.5, 0.6) is 0 Å². The van der Waals surface area contributed by atoms with Crippen LogP contribution in [0.3, 0.4) is 0 Å². The van der Waals surface area contributed by atoms with Crippen LogP contribution >= 0.6 is 0 Å². The van der Waals surface area contributed by atoms with Crippen molar-refractivity contribution in [2.45, 2.75) is 38.5 Å². The second-order valence-corrected chi connectivity index (χ2v) is 6.64. The fraction of sp³-hybridized carbons (Fsp3) is 0.529. The minimum absolute atomic E-state index is 0.0199. The number of hydrogen-bond acceptors (Lipinski definition) is 3. The molecule has 0 aromatic heterocycles. The number of ketones is 1. The average Bonchev–Trinajstić information content (AvgIpc) is 2.65. The summed E-state index contributed by atoms with van der Waals surface area (Å²) in [6.07, 6.45) is 2.24. The summed E-state index contributed by atoms with van der Waals surface area (Å²) in [5.41, 5.74) is 0.755. The van der Waals surface area contributed by atoms with Crippen molar-refractivity contribution in [3.63, 3.8) is 0 Å². The summed E-state index contributed by atoms with van der Waals surface area (Å²) in [7, 11) is 1.38. The number of aryl methyl sites for hydroxylation is 1. The van der Waals surface area contributed by atoms with Gasteiger partial charge in [0.1, 0.15) is 0 Å². The molecule has 2 aliphatic rings. The van der Waals surface area contributed by atoms with Gasteiger partial charge in [-0.05, 0) is 35.3 Å². The van der Waals surface area contributed by atoms with Crippen LogP contribution in [0.4, 0.5) is 0 Å². The van der Waals surface area contributed by atoms with Gasteiger partial charge < -0.3 is 4.74 Å². The molecule has 0 heterocycles. The summed E-state index contributed by atoms with van der Waals surface area (Å²) >= 11 is 0. The molecule has 0 N–H and O–H groups in total. The molecule has 1 fully saturated rings. The van der Waals surface area contributed by atoms with Crippen LogP contribution in [0.25, 0.3) is 0 Å². The van der Waals surface area contributed by atoms with E-state index in [1.165, 1.54) is 7.11 Å². The predicted octanol–water partition coefficient (Wildman–Crippen LogP) is 2.66. The highest BCUT2D eigenvalue weighted by molar-refractivity contribution is 6.12. The molecule has 1 aromatic carbocycles. The van der Waals surface area contributed by atoms with Crippen molar-refractivity contribution in [1.82, 2.24) is 0 Å². The van der Waals surface area contributed by atoms with Crippen molar-refractivity contribution >= 4 is 11.8 Å². The zero-order chi connectivity index (χ0) is 14.5. The van der Waals surface area contributed by atoms with Crippen molar-refractivity contribution in [2.75, 3.05) is 7.11 Å². The highest BCUT2D eigenvalue weighted by Crippen LogP contribution is 2.58. The number of hydrogen-bond donors (Lipinski definition) is 0. The predicted molar refractivity (Wildman–Crippen MR) is 75.4 cm³/mol. The molecule has 2 aliphatic carbocycles. The molecule has 3 rings (SSSR count). The molecule has 1 aromatic rings. The maximum Gasteiger partial charge on any atom is 0.324 e. The Morgan fingerprint density at radius 1 is 1.30 bits per heavy atom. The molecule has 20 heavy (non-hydrogen) atoms. The molecule has 0 saturated heterocycles. The quantitative estimate of drug-likeness (QED) is 0.583. The summed E-state index contributed by atoms with van der Waals surface area (Å²) in [4.78, 5) is 25.4. The molecular formula is C17H20O3. The maximum absolute atomic E-state index is 12.8. The number of fused-ring (bicyclic) bond motifs is 3. The molecule has 0 unspecified atom stereocenters. The highest BCUT2D eigenvalue weighted by Gasteiger charge is 2.65. The minimum Gasteiger partial charge on any atom is -0.468 e. The van der Waals surface area contributed by atoms with Crippen LogP contribution in [0, 0.1) is 11.3 Å². The van der Waals surface area contributed by atoms with Gasteiger partial charge >= 0.3 is 5.97 Å². The first kappa shape index (κ1) is 13.3. The lowest BCUT2D eigenvalue weighted by Crippen LogP contribution is -2.50. The molecule has 1 saturated carbocycles.